The summed E-state index contributed by atoms with van der Waals surface area (Å²) < 4.78 is 0. The highest BCUT2D eigenvalue weighted by atomic mass is 16.4. The summed E-state index contributed by atoms with van der Waals surface area (Å²) in [6.07, 6.45) is 4.82. The van der Waals surface area contributed by atoms with Gasteiger partial charge in [0.05, 0.1) is 0 Å². The number of aliphatic carboxylic acids is 1. The lowest BCUT2D eigenvalue weighted by atomic mass is 10.1. The molecular weight excluding hydrogens is 204 g/mol. The zero-order valence-corrected chi connectivity index (χ0v) is 9.38. The van der Waals surface area contributed by atoms with Gasteiger partial charge in [-0.1, -0.05) is 5.92 Å². The third-order valence-corrected chi connectivity index (χ3v) is 0.971. The standard InChI is InChI=1S/C9H4.C4H8O3/c1-3-5-7-9-8-6-4-2;1-4(2,7)3(5)6/h1H,2H3;7H,1-2H3,(H,5,6). The Morgan fingerprint density at radius 3 is 1.81 bits per heavy atom. The number of carboxylic acid groups (broad SMARTS) is 1. The molecule has 0 aromatic heterocycles. The summed E-state index contributed by atoms with van der Waals surface area (Å²) in [4.78, 5) is 9.77. The maximum Gasteiger partial charge on any atom is 0.335 e. The number of carboxylic acids is 1. The molecule has 3 heteroatoms. The first kappa shape index (κ1) is 16.1. The van der Waals surface area contributed by atoms with Gasteiger partial charge in [-0.05, 0) is 56.3 Å². The van der Waals surface area contributed by atoms with Crippen LogP contribution in [0.5, 0.6) is 0 Å². The van der Waals surface area contributed by atoms with Gasteiger partial charge in [0.2, 0.25) is 0 Å². The van der Waals surface area contributed by atoms with E-state index in [1.54, 1.807) is 6.92 Å². The second-order valence-corrected chi connectivity index (χ2v) is 2.88. The molecule has 0 aliphatic carbocycles. The van der Waals surface area contributed by atoms with Gasteiger partial charge < -0.3 is 10.2 Å². The second-order valence-electron chi connectivity index (χ2n) is 2.88. The predicted molar refractivity (Wildman–Crippen MR) is 61.8 cm³/mol. The van der Waals surface area contributed by atoms with Crippen LogP contribution in [0.4, 0.5) is 0 Å². The highest BCUT2D eigenvalue weighted by Crippen LogP contribution is 1.97. The van der Waals surface area contributed by atoms with Crippen molar-refractivity contribution in [3.63, 3.8) is 0 Å². The van der Waals surface area contributed by atoms with Crippen LogP contribution in [0, 0.1) is 47.9 Å². The summed E-state index contributed by atoms with van der Waals surface area (Å²) in [7, 11) is 0. The molecule has 0 radical (unpaired) electrons. The van der Waals surface area contributed by atoms with E-state index >= 15 is 0 Å². The normalized spacial score (nSPS) is 6.94. The van der Waals surface area contributed by atoms with Crippen molar-refractivity contribution in [3.05, 3.63) is 0 Å². The fourth-order valence-corrected chi connectivity index (χ4v) is 0.192. The van der Waals surface area contributed by atoms with E-state index < -0.39 is 11.6 Å². The van der Waals surface area contributed by atoms with Crippen LogP contribution in [0.3, 0.4) is 0 Å². The molecule has 0 aromatic rings. The first-order chi connectivity index (χ1) is 7.36. The topological polar surface area (TPSA) is 57.5 Å². The largest absolute Gasteiger partial charge is 0.479 e. The number of hydrogen-bond acceptors (Lipinski definition) is 2. The number of aliphatic hydroxyl groups is 1. The Bertz CT molecular complexity index is 440. The van der Waals surface area contributed by atoms with E-state index in [2.05, 4.69) is 41.4 Å². The Morgan fingerprint density at radius 2 is 1.50 bits per heavy atom. The average Bonchev–Trinajstić information content (AvgIpc) is 2.17. The molecule has 82 valence electrons. The zero-order chi connectivity index (χ0) is 13.0. The molecule has 0 aromatic carbocycles. The van der Waals surface area contributed by atoms with Crippen LogP contribution < -0.4 is 0 Å². The Hall–Kier alpha value is -2.33. The zero-order valence-electron chi connectivity index (χ0n) is 9.38. The van der Waals surface area contributed by atoms with E-state index in [-0.39, 0.29) is 0 Å². The van der Waals surface area contributed by atoms with Gasteiger partial charge in [0.1, 0.15) is 0 Å². The summed E-state index contributed by atoms with van der Waals surface area (Å²) in [5.41, 5.74) is -1.58. The second kappa shape index (κ2) is 9.23. The van der Waals surface area contributed by atoms with Crippen molar-refractivity contribution in [3.8, 4) is 47.9 Å². The van der Waals surface area contributed by atoms with Crippen LogP contribution in [0.15, 0.2) is 0 Å². The van der Waals surface area contributed by atoms with Gasteiger partial charge in [0, 0.05) is 0 Å². The predicted octanol–water partition coefficient (Wildman–Crippen LogP) is 0.492. The van der Waals surface area contributed by atoms with Crippen LogP contribution in [-0.2, 0) is 4.79 Å². The number of rotatable bonds is 1. The van der Waals surface area contributed by atoms with Gasteiger partial charge in [-0.2, -0.15) is 0 Å². The smallest absolute Gasteiger partial charge is 0.335 e. The molecule has 0 fully saturated rings. The lowest BCUT2D eigenvalue weighted by molar-refractivity contribution is -0.154. The first-order valence-electron chi connectivity index (χ1n) is 4.19. The van der Waals surface area contributed by atoms with Crippen molar-refractivity contribution in [2.24, 2.45) is 0 Å². The molecule has 0 aliphatic heterocycles. The van der Waals surface area contributed by atoms with Crippen LogP contribution in [0.2, 0.25) is 0 Å². The van der Waals surface area contributed by atoms with Crippen LogP contribution in [0.25, 0.3) is 0 Å². The minimum absolute atomic E-state index is 1.20. The maximum atomic E-state index is 9.77. The number of hydrogen-bond donors (Lipinski definition) is 2. The van der Waals surface area contributed by atoms with Crippen LogP contribution in [-0.4, -0.2) is 21.8 Å². The molecule has 0 saturated heterocycles. The Balaban J connectivity index is 0. The van der Waals surface area contributed by atoms with Crippen molar-refractivity contribution in [2.45, 2.75) is 26.4 Å². The van der Waals surface area contributed by atoms with Crippen molar-refractivity contribution < 1.29 is 15.0 Å². The molecule has 0 unspecified atom stereocenters. The molecule has 0 bridgehead atoms. The van der Waals surface area contributed by atoms with Gasteiger partial charge in [-0.3, -0.25) is 0 Å². The fraction of sp³-hybridized carbons (Fsp3) is 0.308. The lowest BCUT2D eigenvalue weighted by Gasteiger charge is -2.07. The van der Waals surface area contributed by atoms with E-state index in [1.807, 2.05) is 0 Å². The molecule has 0 spiro atoms. The molecule has 16 heavy (non-hydrogen) atoms. The van der Waals surface area contributed by atoms with Crippen LogP contribution in [0.1, 0.15) is 20.8 Å². The Kier molecular flexibility index (Phi) is 9.30. The molecule has 0 amide bonds. The molecule has 0 rings (SSSR count). The molecule has 0 heterocycles. The summed E-state index contributed by atoms with van der Waals surface area (Å²) in [6, 6.07) is 0. The van der Waals surface area contributed by atoms with Crippen molar-refractivity contribution in [2.75, 3.05) is 0 Å². The van der Waals surface area contributed by atoms with Crippen molar-refractivity contribution in [1.82, 2.24) is 0 Å². The maximum absolute atomic E-state index is 9.77. The molecule has 0 aliphatic rings. The summed E-state index contributed by atoms with van der Waals surface area (Å²) >= 11 is 0. The van der Waals surface area contributed by atoms with Crippen LogP contribution >= 0.6 is 0 Å². The lowest BCUT2D eigenvalue weighted by Crippen LogP contribution is -2.30. The van der Waals surface area contributed by atoms with E-state index in [4.69, 9.17) is 16.6 Å². The van der Waals surface area contributed by atoms with Crippen molar-refractivity contribution >= 4 is 5.97 Å². The van der Waals surface area contributed by atoms with E-state index in [0.29, 0.717) is 0 Å². The third kappa shape index (κ3) is 14.2. The van der Waals surface area contributed by atoms with Gasteiger partial charge in [0.25, 0.3) is 0 Å². The summed E-state index contributed by atoms with van der Waals surface area (Å²) in [5.74, 6) is 15.8. The minimum atomic E-state index is -1.58. The Labute approximate surface area is 95.9 Å². The third-order valence-electron chi connectivity index (χ3n) is 0.971. The SMILES string of the molecule is C#CC#CC#CC#CC.CC(C)(O)C(=O)O. The summed E-state index contributed by atoms with van der Waals surface area (Å²) in [6.45, 7) is 4.15. The van der Waals surface area contributed by atoms with Gasteiger partial charge in [0.15, 0.2) is 5.60 Å². The van der Waals surface area contributed by atoms with E-state index in [9.17, 15) is 4.79 Å². The quantitative estimate of drug-likeness (QED) is 0.627. The van der Waals surface area contributed by atoms with Gasteiger partial charge in [-0.25, -0.2) is 4.79 Å². The minimum Gasteiger partial charge on any atom is -0.479 e. The highest BCUT2D eigenvalue weighted by molar-refractivity contribution is 5.75. The Morgan fingerprint density at radius 1 is 1.12 bits per heavy atom. The van der Waals surface area contributed by atoms with Crippen molar-refractivity contribution in [1.29, 1.82) is 0 Å². The summed E-state index contributed by atoms with van der Waals surface area (Å²) in [5, 5.41) is 16.5. The first-order valence-corrected chi connectivity index (χ1v) is 4.19. The highest BCUT2D eigenvalue weighted by Gasteiger charge is 2.21. The molecule has 0 atom stereocenters. The molecule has 3 nitrogen and oxygen atoms in total. The number of terminal acetylenes is 1. The van der Waals surface area contributed by atoms with Gasteiger partial charge >= 0.3 is 5.97 Å². The van der Waals surface area contributed by atoms with Gasteiger partial charge in [-0.15, -0.1) is 6.42 Å². The van der Waals surface area contributed by atoms with E-state index in [1.165, 1.54) is 13.8 Å². The number of carbonyl (C=O) groups is 1. The molecule has 0 saturated carbocycles. The van der Waals surface area contributed by atoms with E-state index in [0.717, 1.165) is 0 Å². The molecular formula is C13H12O3. The fourth-order valence-electron chi connectivity index (χ4n) is 0.192. The monoisotopic (exact) mass is 216 g/mol. The average molecular weight is 216 g/mol. The molecule has 2 N–H and O–H groups in total.